The summed E-state index contributed by atoms with van der Waals surface area (Å²) in [6.45, 7) is -1.27. The number of hydrogen-bond donors (Lipinski definition) is 1. The molecule has 3 rings (SSSR count). The smallest absolute Gasteiger partial charge is 0.387 e. The summed E-state index contributed by atoms with van der Waals surface area (Å²) in [5.74, 6) is 0.631. The quantitative estimate of drug-likeness (QED) is 0.547. The number of nitrogens with one attached hydrogen (secondary N) is 1. The molecule has 164 valence electrons. The first-order chi connectivity index (χ1) is 14.9. The number of para-hydroxylation sites is 1. The van der Waals surface area contributed by atoms with Crippen molar-refractivity contribution in [3.8, 4) is 23.0 Å². The van der Waals surface area contributed by atoms with Gasteiger partial charge in [0.05, 0.1) is 19.9 Å². The molecule has 10 heteroatoms. The number of benzene rings is 2. The Hall–Kier alpha value is -3.82. The molecule has 0 saturated heterocycles. The lowest BCUT2D eigenvalue weighted by atomic mass is 10.2. The first-order valence-electron chi connectivity index (χ1n) is 9.15. The van der Waals surface area contributed by atoms with Gasteiger partial charge in [0.2, 0.25) is 5.75 Å². The van der Waals surface area contributed by atoms with Gasteiger partial charge in [0.15, 0.2) is 23.9 Å². The summed E-state index contributed by atoms with van der Waals surface area (Å²) in [4.78, 5) is 12.5. The van der Waals surface area contributed by atoms with Crippen LogP contribution in [0.1, 0.15) is 16.1 Å². The molecule has 0 aliphatic heterocycles. The Labute approximate surface area is 177 Å². The molecule has 31 heavy (non-hydrogen) atoms. The lowest BCUT2D eigenvalue weighted by Gasteiger charge is -2.14. The minimum absolute atomic E-state index is 0.0196. The molecule has 0 aliphatic carbocycles. The van der Waals surface area contributed by atoms with Gasteiger partial charge < -0.3 is 24.3 Å². The van der Waals surface area contributed by atoms with Crippen molar-refractivity contribution in [3.05, 3.63) is 59.9 Å². The molecule has 0 bridgehead atoms. The molecule has 0 fully saturated rings. The second-order valence-electron chi connectivity index (χ2n) is 6.34. The summed E-state index contributed by atoms with van der Waals surface area (Å²) >= 11 is 0. The van der Waals surface area contributed by atoms with Gasteiger partial charge in [-0.3, -0.25) is 4.79 Å². The molecule has 1 aromatic heterocycles. The van der Waals surface area contributed by atoms with Crippen LogP contribution in [0.5, 0.6) is 23.0 Å². The molecular weight excluding hydrogens is 412 g/mol. The fraction of sp³-hybridized carbons (Fsp3) is 0.238. The van der Waals surface area contributed by atoms with Crippen LogP contribution in [0.15, 0.2) is 48.7 Å². The van der Waals surface area contributed by atoms with Crippen LogP contribution < -0.4 is 24.3 Å². The van der Waals surface area contributed by atoms with E-state index in [0.29, 0.717) is 17.2 Å². The summed E-state index contributed by atoms with van der Waals surface area (Å²) < 4.78 is 47.4. The number of carbonyl (C=O) groups excluding carboxylic acids is 1. The van der Waals surface area contributed by atoms with Gasteiger partial charge in [-0.25, -0.2) is 4.68 Å². The maximum Gasteiger partial charge on any atom is 0.387 e. The topological polar surface area (TPSA) is 83.8 Å². The zero-order valence-corrected chi connectivity index (χ0v) is 17.1. The largest absolute Gasteiger partial charge is 0.493 e. The number of carbonyl (C=O) groups is 1. The second-order valence-corrected chi connectivity index (χ2v) is 6.34. The molecule has 2 aromatic carbocycles. The van der Waals surface area contributed by atoms with E-state index >= 15 is 0 Å². The van der Waals surface area contributed by atoms with Gasteiger partial charge >= 0.3 is 6.61 Å². The number of halogens is 2. The van der Waals surface area contributed by atoms with E-state index in [9.17, 15) is 13.6 Å². The highest BCUT2D eigenvalue weighted by Gasteiger charge is 2.16. The molecular formula is C21H21F2N3O5. The SMILES string of the molecule is COc1cccc(OC)c1OCn1ccc(C(=O)Nc2cc(C)ccc2OC(F)F)n1. The molecule has 0 spiro atoms. The number of aromatic nitrogens is 2. The zero-order chi connectivity index (χ0) is 22.4. The van der Waals surface area contributed by atoms with E-state index < -0.39 is 12.5 Å². The molecule has 1 heterocycles. The van der Waals surface area contributed by atoms with E-state index in [-0.39, 0.29) is 23.9 Å². The summed E-state index contributed by atoms with van der Waals surface area (Å²) in [5, 5.41) is 6.70. The van der Waals surface area contributed by atoms with Crippen molar-refractivity contribution in [2.75, 3.05) is 19.5 Å². The lowest BCUT2D eigenvalue weighted by Crippen LogP contribution is -2.16. The van der Waals surface area contributed by atoms with Gasteiger partial charge in [-0.05, 0) is 42.8 Å². The first kappa shape index (κ1) is 21.9. The second kappa shape index (κ2) is 9.79. The molecule has 1 amide bonds. The van der Waals surface area contributed by atoms with Crippen molar-refractivity contribution in [1.82, 2.24) is 9.78 Å². The Morgan fingerprint density at radius 2 is 1.81 bits per heavy atom. The number of ether oxygens (including phenoxy) is 4. The van der Waals surface area contributed by atoms with Crippen LogP contribution in [0.2, 0.25) is 0 Å². The van der Waals surface area contributed by atoms with Crippen molar-refractivity contribution >= 4 is 11.6 Å². The fourth-order valence-electron chi connectivity index (χ4n) is 2.77. The molecule has 0 unspecified atom stereocenters. The van der Waals surface area contributed by atoms with Gasteiger partial charge in [0.25, 0.3) is 5.91 Å². The summed E-state index contributed by atoms with van der Waals surface area (Å²) in [6.07, 6.45) is 1.55. The number of methoxy groups -OCH3 is 2. The van der Waals surface area contributed by atoms with Crippen molar-refractivity contribution in [3.63, 3.8) is 0 Å². The maximum absolute atomic E-state index is 12.6. The summed E-state index contributed by atoms with van der Waals surface area (Å²) in [7, 11) is 3.02. The van der Waals surface area contributed by atoms with E-state index in [1.807, 2.05) is 0 Å². The van der Waals surface area contributed by atoms with Gasteiger partial charge in [-0.15, -0.1) is 0 Å². The number of anilines is 1. The third-order valence-electron chi connectivity index (χ3n) is 4.20. The Balaban J connectivity index is 1.71. The van der Waals surface area contributed by atoms with E-state index in [1.54, 1.807) is 37.4 Å². The van der Waals surface area contributed by atoms with Crippen molar-refractivity contribution in [2.24, 2.45) is 0 Å². The van der Waals surface area contributed by atoms with E-state index in [2.05, 4.69) is 15.2 Å². The molecule has 8 nitrogen and oxygen atoms in total. The zero-order valence-electron chi connectivity index (χ0n) is 17.1. The van der Waals surface area contributed by atoms with Gasteiger partial charge in [0, 0.05) is 6.20 Å². The van der Waals surface area contributed by atoms with E-state index in [1.165, 1.54) is 37.1 Å². The lowest BCUT2D eigenvalue weighted by molar-refractivity contribution is -0.0493. The van der Waals surface area contributed by atoms with Gasteiger partial charge in [0.1, 0.15) is 5.75 Å². The maximum atomic E-state index is 12.6. The third-order valence-corrected chi connectivity index (χ3v) is 4.20. The standard InChI is InChI=1S/C21H21F2N3O5/c1-13-7-8-16(31-21(22)23)15(11-13)24-20(27)14-9-10-26(25-14)12-30-19-17(28-2)5-4-6-18(19)29-3/h4-11,21H,12H2,1-3H3,(H,24,27). The van der Waals surface area contributed by atoms with Crippen molar-refractivity contribution < 1.29 is 32.5 Å². The molecule has 3 aromatic rings. The Morgan fingerprint density at radius 1 is 1.10 bits per heavy atom. The molecule has 1 N–H and O–H groups in total. The number of nitrogens with zero attached hydrogens (tertiary/aromatic N) is 2. The minimum Gasteiger partial charge on any atom is -0.493 e. The predicted molar refractivity (Wildman–Crippen MR) is 108 cm³/mol. The first-order valence-corrected chi connectivity index (χ1v) is 9.15. The van der Waals surface area contributed by atoms with Gasteiger partial charge in [-0.1, -0.05) is 12.1 Å². The highest BCUT2D eigenvalue weighted by Crippen LogP contribution is 2.36. The van der Waals surface area contributed by atoms with Gasteiger partial charge in [-0.2, -0.15) is 13.9 Å². The third kappa shape index (κ3) is 5.41. The number of rotatable bonds is 9. The number of amides is 1. The van der Waals surface area contributed by atoms with Crippen LogP contribution in [0.25, 0.3) is 0 Å². The van der Waals surface area contributed by atoms with E-state index in [4.69, 9.17) is 14.2 Å². The summed E-state index contributed by atoms with van der Waals surface area (Å²) in [6, 6.07) is 11.2. The molecule has 0 aliphatic rings. The van der Waals surface area contributed by atoms with Crippen molar-refractivity contribution in [1.29, 1.82) is 0 Å². The Morgan fingerprint density at radius 3 is 2.45 bits per heavy atom. The van der Waals surface area contributed by atoms with Crippen molar-refractivity contribution in [2.45, 2.75) is 20.3 Å². The summed E-state index contributed by atoms with van der Waals surface area (Å²) in [5.41, 5.74) is 0.955. The van der Waals surface area contributed by atoms with Crippen LogP contribution in [0.3, 0.4) is 0 Å². The van der Waals surface area contributed by atoms with Crippen LogP contribution in [0.4, 0.5) is 14.5 Å². The van der Waals surface area contributed by atoms with E-state index in [0.717, 1.165) is 5.56 Å². The fourth-order valence-corrected chi connectivity index (χ4v) is 2.77. The van der Waals surface area contributed by atoms with Crippen LogP contribution >= 0.6 is 0 Å². The molecule has 0 radical (unpaired) electrons. The van der Waals surface area contributed by atoms with Crippen LogP contribution in [-0.2, 0) is 6.73 Å². The van der Waals surface area contributed by atoms with Crippen LogP contribution in [-0.4, -0.2) is 36.5 Å². The normalized spacial score (nSPS) is 10.6. The molecule has 0 saturated carbocycles. The number of aryl methyl sites for hydroxylation is 1. The average Bonchev–Trinajstić information content (AvgIpc) is 3.22. The minimum atomic E-state index is -3.01. The predicted octanol–water partition coefficient (Wildman–Crippen LogP) is 4.10. The van der Waals surface area contributed by atoms with Crippen LogP contribution in [0, 0.1) is 6.92 Å². The monoisotopic (exact) mass is 433 g/mol. The average molecular weight is 433 g/mol. The Kier molecular flexibility index (Phi) is 6.91. The number of hydrogen-bond acceptors (Lipinski definition) is 6. The highest BCUT2D eigenvalue weighted by atomic mass is 19.3. The molecule has 0 atom stereocenters. The highest BCUT2D eigenvalue weighted by molar-refractivity contribution is 6.03. The Bertz CT molecular complexity index is 1030. The number of alkyl halides is 2.